The van der Waals surface area contributed by atoms with E-state index in [4.69, 9.17) is 0 Å². The van der Waals surface area contributed by atoms with Crippen LogP contribution in [0.1, 0.15) is 20.3 Å². The first-order valence-corrected chi connectivity index (χ1v) is 2.97. The van der Waals surface area contributed by atoms with E-state index in [1.165, 1.54) is 0 Å². The number of hydrogen-bond donors (Lipinski definition) is 1. The van der Waals surface area contributed by atoms with Gasteiger partial charge in [0.1, 0.15) is 0 Å². The van der Waals surface area contributed by atoms with Gasteiger partial charge in [-0.15, -0.1) is 0 Å². The molecule has 0 saturated carbocycles. The number of halogens is 2. The van der Waals surface area contributed by atoms with Gasteiger partial charge in [-0.25, -0.2) is 8.78 Å². The number of nitrogens with one attached hydrogen (secondary N) is 1. The average molecular weight is 151 g/mol. The Morgan fingerprint density at radius 3 is 2.40 bits per heavy atom. The van der Waals surface area contributed by atoms with Gasteiger partial charge in [0, 0.05) is 12.0 Å². The summed E-state index contributed by atoms with van der Waals surface area (Å²) in [7, 11) is 0. The minimum Gasteiger partial charge on any atom is -0.354 e. The smallest absolute Gasteiger partial charge is 0.240 e. The van der Waals surface area contributed by atoms with Gasteiger partial charge in [-0.1, -0.05) is 0 Å². The summed E-state index contributed by atoms with van der Waals surface area (Å²) in [6, 6.07) is 0. The van der Waals surface area contributed by atoms with Crippen LogP contribution in [0.4, 0.5) is 8.78 Å². The lowest BCUT2D eigenvalue weighted by Crippen LogP contribution is -2.39. The Kier molecular flexibility index (Phi) is 3.25. The molecule has 1 amide bonds. The number of amides is 1. The predicted molar refractivity (Wildman–Crippen MR) is 33.9 cm³/mol. The van der Waals surface area contributed by atoms with Crippen LogP contribution in [0.25, 0.3) is 0 Å². The standard InChI is InChI=1S/C6H11F2NO/c1-6(2,9-4-10)3-5(7)8/h4-5H,3H2,1-2H3,(H,9,10). The Morgan fingerprint density at radius 1 is 1.60 bits per heavy atom. The van der Waals surface area contributed by atoms with E-state index in [0.29, 0.717) is 6.41 Å². The maximum absolute atomic E-state index is 11.7. The topological polar surface area (TPSA) is 29.1 Å². The molecule has 0 rings (SSSR count). The third kappa shape index (κ3) is 4.23. The van der Waals surface area contributed by atoms with E-state index < -0.39 is 12.0 Å². The maximum atomic E-state index is 11.7. The molecule has 0 atom stereocenters. The van der Waals surface area contributed by atoms with Crippen LogP contribution in [0.15, 0.2) is 0 Å². The van der Waals surface area contributed by atoms with Crippen molar-refractivity contribution in [3.05, 3.63) is 0 Å². The molecule has 1 N–H and O–H groups in total. The van der Waals surface area contributed by atoms with Crippen molar-refractivity contribution in [2.75, 3.05) is 0 Å². The fourth-order valence-electron chi connectivity index (χ4n) is 0.604. The van der Waals surface area contributed by atoms with Crippen molar-refractivity contribution < 1.29 is 13.6 Å². The monoisotopic (exact) mass is 151 g/mol. The largest absolute Gasteiger partial charge is 0.354 e. The lowest BCUT2D eigenvalue weighted by atomic mass is 10.0. The normalized spacial score (nSPS) is 11.7. The highest BCUT2D eigenvalue weighted by Crippen LogP contribution is 2.13. The van der Waals surface area contributed by atoms with Gasteiger partial charge < -0.3 is 5.32 Å². The molecule has 2 nitrogen and oxygen atoms in total. The molecule has 10 heavy (non-hydrogen) atoms. The number of rotatable bonds is 4. The Bertz CT molecular complexity index is 114. The van der Waals surface area contributed by atoms with Gasteiger partial charge in [0.25, 0.3) is 0 Å². The first kappa shape index (κ1) is 9.33. The highest BCUT2D eigenvalue weighted by Gasteiger charge is 2.21. The molecule has 60 valence electrons. The lowest BCUT2D eigenvalue weighted by molar-refractivity contribution is -0.111. The zero-order chi connectivity index (χ0) is 8.20. The van der Waals surface area contributed by atoms with E-state index in [2.05, 4.69) is 5.32 Å². The van der Waals surface area contributed by atoms with Crippen LogP contribution in [-0.2, 0) is 4.79 Å². The molecule has 0 unspecified atom stereocenters. The van der Waals surface area contributed by atoms with Gasteiger partial charge in [-0.2, -0.15) is 0 Å². The summed E-state index contributed by atoms with van der Waals surface area (Å²) in [5, 5.41) is 2.29. The Hall–Kier alpha value is -0.670. The van der Waals surface area contributed by atoms with Crippen LogP contribution in [-0.4, -0.2) is 18.4 Å². The van der Waals surface area contributed by atoms with E-state index in [1.807, 2.05) is 0 Å². The molecular formula is C6H11F2NO. The van der Waals surface area contributed by atoms with Crippen molar-refractivity contribution in [1.29, 1.82) is 0 Å². The van der Waals surface area contributed by atoms with Gasteiger partial charge in [0.15, 0.2) is 0 Å². The van der Waals surface area contributed by atoms with Gasteiger partial charge in [0.05, 0.1) is 0 Å². The van der Waals surface area contributed by atoms with Crippen molar-refractivity contribution in [3.8, 4) is 0 Å². The van der Waals surface area contributed by atoms with Gasteiger partial charge >= 0.3 is 0 Å². The van der Waals surface area contributed by atoms with Gasteiger partial charge in [-0.05, 0) is 13.8 Å². The van der Waals surface area contributed by atoms with Crippen LogP contribution in [0, 0.1) is 0 Å². The maximum Gasteiger partial charge on any atom is 0.240 e. The van der Waals surface area contributed by atoms with Crippen LogP contribution < -0.4 is 5.32 Å². The van der Waals surface area contributed by atoms with Crippen molar-refractivity contribution in [2.24, 2.45) is 0 Å². The molecule has 0 aliphatic carbocycles. The summed E-state index contributed by atoms with van der Waals surface area (Å²) >= 11 is 0. The van der Waals surface area contributed by atoms with E-state index in [9.17, 15) is 13.6 Å². The zero-order valence-electron chi connectivity index (χ0n) is 6.03. The second-order valence-corrected chi connectivity index (χ2v) is 2.74. The number of hydrogen-bond acceptors (Lipinski definition) is 1. The quantitative estimate of drug-likeness (QED) is 0.600. The molecule has 0 aromatic heterocycles. The van der Waals surface area contributed by atoms with Gasteiger partial charge in [0.2, 0.25) is 12.8 Å². The highest BCUT2D eigenvalue weighted by atomic mass is 19.3. The molecular weight excluding hydrogens is 140 g/mol. The fourth-order valence-corrected chi connectivity index (χ4v) is 0.604. The molecule has 0 aromatic carbocycles. The molecule has 0 radical (unpaired) electrons. The lowest BCUT2D eigenvalue weighted by Gasteiger charge is -2.22. The Labute approximate surface area is 58.6 Å². The molecule has 0 aromatic rings. The van der Waals surface area contributed by atoms with E-state index >= 15 is 0 Å². The third-order valence-electron chi connectivity index (χ3n) is 1.11. The van der Waals surface area contributed by atoms with E-state index in [1.54, 1.807) is 13.8 Å². The van der Waals surface area contributed by atoms with Crippen LogP contribution in [0.3, 0.4) is 0 Å². The molecule has 0 saturated heterocycles. The van der Waals surface area contributed by atoms with Crippen molar-refractivity contribution in [1.82, 2.24) is 5.32 Å². The molecule has 0 fully saturated rings. The molecule has 4 heteroatoms. The molecule has 0 aliphatic heterocycles. The van der Waals surface area contributed by atoms with Crippen LogP contribution in [0.5, 0.6) is 0 Å². The van der Waals surface area contributed by atoms with Crippen molar-refractivity contribution in [3.63, 3.8) is 0 Å². The van der Waals surface area contributed by atoms with Crippen LogP contribution >= 0.6 is 0 Å². The third-order valence-corrected chi connectivity index (χ3v) is 1.11. The molecule has 0 heterocycles. The summed E-state index contributed by atoms with van der Waals surface area (Å²) in [6.45, 7) is 3.10. The number of carbonyl (C=O) groups excluding carboxylic acids is 1. The van der Waals surface area contributed by atoms with Crippen LogP contribution in [0.2, 0.25) is 0 Å². The average Bonchev–Trinajstić information content (AvgIpc) is 1.59. The first-order chi connectivity index (χ1) is 4.48. The zero-order valence-corrected chi connectivity index (χ0v) is 6.03. The van der Waals surface area contributed by atoms with Crippen molar-refractivity contribution in [2.45, 2.75) is 32.2 Å². The molecule has 0 bridgehead atoms. The molecule has 0 aliphatic rings. The SMILES string of the molecule is CC(C)(CC(F)F)NC=O. The summed E-state index contributed by atoms with van der Waals surface area (Å²) in [6.07, 6.45) is -2.25. The number of carbonyl (C=O) groups is 1. The predicted octanol–water partition coefficient (Wildman–Crippen LogP) is 1.17. The first-order valence-electron chi connectivity index (χ1n) is 2.97. The second kappa shape index (κ2) is 3.49. The number of alkyl halides is 2. The highest BCUT2D eigenvalue weighted by molar-refractivity contribution is 5.47. The summed E-state index contributed by atoms with van der Waals surface area (Å²) in [5.41, 5.74) is -0.796. The van der Waals surface area contributed by atoms with E-state index in [0.717, 1.165) is 0 Å². The molecule has 0 spiro atoms. The summed E-state index contributed by atoms with van der Waals surface area (Å²) in [5.74, 6) is 0. The van der Waals surface area contributed by atoms with E-state index in [-0.39, 0.29) is 6.42 Å². The Morgan fingerprint density at radius 2 is 2.10 bits per heavy atom. The summed E-state index contributed by atoms with van der Waals surface area (Å²) in [4.78, 5) is 9.85. The van der Waals surface area contributed by atoms with Crippen molar-refractivity contribution >= 4 is 6.41 Å². The van der Waals surface area contributed by atoms with Gasteiger partial charge in [-0.3, -0.25) is 4.79 Å². The second-order valence-electron chi connectivity index (χ2n) is 2.74. The minimum absolute atomic E-state index is 0.314. The minimum atomic E-state index is -2.37. The summed E-state index contributed by atoms with van der Waals surface area (Å²) < 4.78 is 23.4. The Balaban J connectivity index is 3.73. The fraction of sp³-hybridized carbons (Fsp3) is 0.833.